The molecule has 3 aromatic rings. The second-order valence-electron chi connectivity index (χ2n) is 6.87. The van der Waals surface area contributed by atoms with E-state index in [1.54, 1.807) is 18.4 Å². The van der Waals surface area contributed by atoms with Gasteiger partial charge in [0.2, 0.25) is 11.0 Å². The number of piperazine rings is 1. The topological polar surface area (TPSA) is 91.6 Å². The highest BCUT2D eigenvalue weighted by molar-refractivity contribution is 8.01. The molecule has 3 heterocycles. The van der Waals surface area contributed by atoms with Gasteiger partial charge in [0.05, 0.1) is 18.6 Å². The number of nitrogens with one attached hydrogen (secondary N) is 1. The van der Waals surface area contributed by atoms with Crippen LogP contribution in [0.25, 0.3) is 0 Å². The van der Waals surface area contributed by atoms with Crippen molar-refractivity contribution in [3.05, 3.63) is 59.6 Å². The fraction of sp³-hybridized carbons (Fsp3) is 0.300. The maximum Gasteiger partial charge on any atom is 0.259 e. The van der Waals surface area contributed by atoms with Gasteiger partial charge in [0.25, 0.3) is 5.91 Å². The first-order valence-corrected chi connectivity index (χ1v) is 11.5. The zero-order chi connectivity index (χ0) is 22.5. The summed E-state index contributed by atoms with van der Waals surface area (Å²) < 4.78 is 33.6. The minimum Gasteiger partial charge on any atom is -0.467 e. The van der Waals surface area contributed by atoms with E-state index in [0.717, 1.165) is 12.1 Å². The van der Waals surface area contributed by atoms with Gasteiger partial charge in [0, 0.05) is 26.2 Å². The Morgan fingerprint density at radius 1 is 1.09 bits per heavy atom. The van der Waals surface area contributed by atoms with E-state index in [1.807, 2.05) is 4.90 Å². The predicted octanol–water partition coefficient (Wildman–Crippen LogP) is 2.78. The van der Waals surface area contributed by atoms with E-state index in [0.29, 0.717) is 48.0 Å². The lowest BCUT2D eigenvalue weighted by Crippen LogP contribution is -2.49. The van der Waals surface area contributed by atoms with Crippen molar-refractivity contribution in [3.8, 4) is 0 Å². The molecule has 0 spiro atoms. The summed E-state index contributed by atoms with van der Waals surface area (Å²) in [4.78, 5) is 27.9. The van der Waals surface area contributed by atoms with Gasteiger partial charge < -0.3 is 19.5 Å². The van der Waals surface area contributed by atoms with Crippen molar-refractivity contribution in [3.63, 3.8) is 0 Å². The van der Waals surface area contributed by atoms with Gasteiger partial charge in [0.15, 0.2) is 4.34 Å². The van der Waals surface area contributed by atoms with E-state index in [1.165, 1.54) is 34.1 Å². The number of amides is 2. The number of nitrogens with zero attached hydrogens (tertiary/aromatic N) is 4. The third kappa shape index (κ3) is 5.25. The van der Waals surface area contributed by atoms with Gasteiger partial charge in [-0.3, -0.25) is 9.59 Å². The maximum absolute atomic E-state index is 13.9. The number of thioether (sulfide) groups is 1. The van der Waals surface area contributed by atoms with Gasteiger partial charge in [0.1, 0.15) is 23.0 Å². The van der Waals surface area contributed by atoms with Crippen LogP contribution in [0.1, 0.15) is 16.1 Å². The Kier molecular flexibility index (Phi) is 7.00. The average Bonchev–Trinajstić information content (AvgIpc) is 3.48. The van der Waals surface area contributed by atoms with Gasteiger partial charge in [-0.05, 0) is 24.3 Å². The van der Waals surface area contributed by atoms with Crippen LogP contribution in [0.5, 0.6) is 0 Å². The van der Waals surface area contributed by atoms with Gasteiger partial charge in [-0.2, -0.15) is 0 Å². The minimum absolute atomic E-state index is 0.143. The van der Waals surface area contributed by atoms with Crippen LogP contribution in [0, 0.1) is 11.6 Å². The summed E-state index contributed by atoms with van der Waals surface area (Å²) in [5.41, 5.74) is -0.527. The lowest BCUT2D eigenvalue weighted by molar-refractivity contribution is -0.118. The van der Waals surface area contributed by atoms with Crippen molar-refractivity contribution in [1.29, 1.82) is 0 Å². The van der Waals surface area contributed by atoms with Crippen LogP contribution in [0.3, 0.4) is 0 Å². The average molecular weight is 480 g/mol. The molecule has 1 aliphatic heterocycles. The van der Waals surface area contributed by atoms with Crippen LogP contribution in [-0.4, -0.2) is 58.8 Å². The second-order valence-corrected chi connectivity index (χ2v) is 9.05. The van der Waals surface area contributed by atoms with Crippen molar-refractivity contribution < 1.29 is 22.8 Å². The molecule has 168 valence electrons. The molecule has 2 aromatic heterocycles. The van der Waals surface area contributed by atoms with Crippen molar-refractivity contribution in [2.24, 2.45) is 0 Å². The second kappa shape index (κ2) is 10.1. The van der Waals surface area contributed by atoms with E-state index in [9.17, 15) is 18.4 Å². The standard InChI is InChI=1S/C20H19F2N5O3S2/c21-14-4-1-5-15(22)17(14)18(29)26-6-8-27(9-7-26)19-24-25-20(32-19)31-12-16(28)23-11-13-3-2-10-30-13/h1-5,10H,6-9,11-12H2,(H,23,28). The number of hydrogen-bond acceptors (Lipinski definition) is 8. The lowest BCUT2D eigenvalue weighted by Gasteiger charge is -2.34. The minimum atomic E-state index is -0.864. The van der Waals surface area contributed by atoms with Crippen LogP contribution >= 0.6 is 23.1 Å². The number of aromatic nitrogens is 2. The summed E-state index contributed by atoms with van der Waals surface area (Å²) in [6, 6.07) is 6.92. The Morgan fingerprint density at radius 3 is 2.53 bits per heavy atom. The third-order valence-electron chi connectivity index (χ3n) is 4.78. The van der Waals surface area contributed by atoms with E-state index in [2.05, 4.69) is 15.5 Å². The lowest BCUT2D eigenvalue weighted by atomic mass is 10.1. The zero-order valence-corrected chi connectivity index (χ0v) is 18.4. The Hall–Kier alpha value is -2.99. The van der Waals surface area contributed by atoms with Gasteiger partial charge in [-0.25, -0.2) is 8.78 Å². The van der Waals surface area contributed by atoms with Crippen LogP contribution in [0.2, 0.25) is 0 Å². The quantitative estimate of drug-likeness (QED) is 0.521. The van der Waals surface area contributed by atoms with E-state index >= 15 is 0 Å². The summed E-state index contributed by atoms with van der Waals surface area (Å²) in [5, 5.41) is 11.7. The smallest absolute Gasteiger partial charge is 0.259 e. The Balaban J connectivity index is 1.25. The normalized spacial score (nSPS) is 13.9. The molecule has 32 heavy (non-hydrogen) atoms. The summed E-state index contributed by atoms with van der Waals surface area (Å²) >= 11 is 2.64. The molecule has 0 unspecified atom stereocenters. The van der Waals surface area contributed by atoms with Gasteiger partial charge in [-0.1, -0.05) is 29.2 Å². The largest absolute Gasteiger partial charge is 0.467 e. The fourth-order valence-corrected chi connectivity index (χ4v) is 4.85. The summed E-state index contributed by atoms with van der Waals surface area (Å²) in [7, 11) is 0. The first kappa shape index (κ1) is 22.2. The highest BCUT2D eigenvalue weighted by Crippen LogP contribution is 2.29. The van der Waals surface area contributed by atoms with E-state index < -0.39 is 23.1 Å². The first-order chi connectivity index (χ1) is 15.5. The van der Waals surface area contributed by atoms with Crippen LogP contribution in [0.15, 0.2) is 45.4 Å². The molecule has 4 rings (SSSR count). The molecule has 1 N–H and O–H groups in total. The molecule has 0 atom stereocenters. The SMILES string of the molecule is O=C(CSc1nnc(N2CCN(C(=O)c3c(F)cccc3F)CC2)s1)NCc1ccco1. The number of anilines is 1. The number of furan rings is 1. The van der Waals surface area contributed by atoms with Gasteiger partial charge >= 0.3 is 0 Å². The molecule has 0 bridgehead atoms. The number of benzene rings is 1. The number of carbonyl (C=O) groups excluding carboxylic acids is 2. The molecule has 0 aliphatic carbocycles. The van der Waals surface area contributed by atoms with Crippen molar-refractivity contribution in [1.82, 2.24) is 20.4 Å². The molecule has 12 heteroatoms. The molecule has 0 radical (unpaired) electrons. The van der Waals surface area contributed by atoms with Crippen LogP contribution in [-0.2, 0) is 11.3 Å². The molecule has 1 saturated heterocycles. The molecule has 1 aromatic carbocycles. The Morgan fingerprint density at radius 2 is 1.84 bits per heavy atom. The Bertz CT molecular complexity index is 1060. The molecule has 2 amide bonds. The molecule has 1 aliphatic rings. The van der Waals surface area contributed by atoms with Crippen molar-refractivity contribution >= 4 is 40.0 Å². The highest BCUT2D eigenvalue weighted by atomic mass is 32.2. The number of carbonyl (C=O) groups is 2. The number of halogens is 2. The number of hydrogen-bond donors (Lipinski definition) is 1. The third-order valence-corrected chi connectivity index (χ3v) is 6.89. The monoisotopic (exact) mass is 479 g/mol. The van der Waals surface area contributed by atoms with E-state index in [4.69, 9.17) is 4.42 Å². The summed E-state index contributed by atoms with van der Waals surface area (Å²) in [6.45, 7) is 1.87. The molecular weight excluding hydrogens is 460 g/mol. The molecule has 0 saturated carbocycles. The fourth-order valence-electron chi connectivity index (χ4n) is 3.13. The van der Waals surface area contributed by atoms with E-state index in [-0.39, 0.29) is 11.7 Å². The molecule has 1 fully saturated rings. The molecule has 8 nitrogen and oxygen atoms in total. The Labute approximate surface area is 190 Å². The predicted molar refractivity (Wildman–Crippen MR) is 116 cm³/mol. The number of rotatable bonds is 7. The van der Waals surface area contributed by atoms with Crippen LogP contribution < -0.4 is 10.2 Å². The summed E-state index contributed by atoms with van der Waals surface area (Å²) in [5.74, 6) is -1.65. The van der Waals surface area contributed by atoms with Crippen LogP contribution in [0.4, 0.5) is 13.9 Å². The molecular formula is C20H19F2N5O3S2. The van der Waals surface area contributed by atoms with Gasteiger partial charge in [-0.15, -0.1) is 10.2 Å². The van der Waals surface area contributed by atoms with Crippen molar-refractivity contribution in [2.45, 2.75) is 10.9 Å². The highest BCUT2D eigenvalue weighted by Gasteiger charge is 2.27. The zero-order valence-electron chi connectivity index (χ0n) is 16.8. The first-order valence-electron chi connectivity index (χ1n) is 9.75. The summed E-state index contributed by atoms with van der Waals surface area (Å²) in [6.07, 6.45) is 1.55. The van der Waals surface area contributed by atoms with Crippen molar-refractivity contribution in [2.75, 3.05) is 36.8 Å². The maximum atomic E-state index is 13.9.